The lowest BCUT2D eigenvalue weighted by molar-refractivity contribution is 0.182. The molecule has 0 aliphatic rings. The monoisotopic (exact) mass is 317 g/mol. The summed E-state index contributed by atoms with van der Waals surface area (Å²) in [5, 5.41) is 12.0. The van der Waals surface area contributed by atoms with E-state index in [1.165, 1.54) is 6.07 Å². The molecule has 7 heteroatoms. The largest absolute Gasteiger partial charge is 0.387 e. The fraction of sp³-hybridized carbons (Fsp3) is 0.167. The van der Waals surface area contributed by atoms with Gasteiger partial charge in [0.1, 0.15) is 4.21 Å². The first-order chi connectivity index (χ1) is 9.00. The number of aliphatic hydroxyl groups excluding tert-OH is 1. The molecule has 1 unspecified atom stereocenters. The van der Waals surface area contributed by atoms with Crippen molar-refractivity contribution < 1.29 is 13.5 Å². The summed E-state index contributed by atoms with van der Waals surface area (Å²) in [4.78, 5) is 0. The van der Waals surface area contributed by atoms with Crippen LogP contribution in [0.2, 0.25) is 5.02 Å². The zero-order chi connectivity index (χ0) is 13.9. The van der Waals surface area contributed by atoms with E-state index in [9.17, 15) is 13.5 Å². The van der Waals surface area contributed by atoms with E-state index in [2.05, 4.69) is 4.72 Å². The molecule has 4 nitrogen and oxygen atoms in total. The maximum Gasteiger partial charge on any atom is 0.250 e. The summed E-state index contributed by atoms with van der Waals surface area (Å²) in [5.41, 5.74) is 0.498. The SMILES string of the molecule is O=S(=O)(NCC(O)c1ccccc1Cl)c1cccs1. The summed E-state index contributed by atoms with van der Waals surface area (Å²) in [7, 11) is -3.57. The average molecular weight is 318 g/mol. The first-order valence-corrected chi connectivity index (χ1v) is 8.20. The van der Waals surface area contributed by atoms with Gasteiger partial charge < -0.3 is 5.11 Å². The van der Waals surface area contributed by atoms with Gasteiger partial charge in [-0.1, -0.05) is 35.9 Å². The van der Waals surface area contributed by atoms with Crippen molar-refractivity contribution in [2.45, 2.75) is 10.3 Å². The van der Waals surface area contributed by atoms with Crippen LogP contribution in [-0.4, -0.2) is 20.1 Å². The van der Waals surface area contributed by atoms with E-state index in [0.717, 1.165) is 11.3 Å². The van der Waals surface area contributed by atoms with Crippen molar-refractivity contribution in [2.75, 3.05) is 6.54 Å². The van der Waals surface area contributed by atoms with E-state index in [1.807, 2.05) is 0 Å². The van der Waals surface area contributed by atoms with Gasteiger partial charge in [0.25, 0.3) is 0 Å². The molecule has 0 fully saturated rings. The first-order valence-electron chi connectivity index (χ1n) is 5.46. The lowest BCUT2D eigenvalue weighted by atomic mass is 10.1. The number of hydrogen-bond acceptors (Lipinski definition) is 4. The Bertz CT molecular complexity index is 641. The zero-order valence-corrected chi connectivity index (χ0v) is 12.2. The number of nitrogens with one attached hydrogen (secondary N) is 1. The minimum absolute atomic E-state index is 0.121. The Balaban J connectivity index is 2.06. The highest BCUT2D eigenvalue weighted by Gasteiger charge is 2.18. The molecule has 2 aromatic rings. The van der Waals surface area contributed by atoms with Gasteiger partial charge in [0, 0.05) is 17.1 Å². The van der Waals surface area contributed by atoms with E-state index >= 15 is 0 Å². The lowest BCUT2D eigenvalue weighted by Gasteiger charge is -2.13. The second-order valence-corrected chi connectivity index (χ2v) is 7.17. The maximum atomic E-state index is 11.9. The molecule has 1 aromatic heterocycles. The van der Waals surface area contributed by atoms with Gasteiger partial charge in [0.2, 0.25) is 10.0 Å². The standard InChI is InChI=1S/C12H12ClNO3S2/c13-10-5-2-1-4-9(10)11(15)8-14-19(16,17)12-6-3-7-18-12/h1-7,11,14-15H,8H2. The average Bonchev–Trinajstić information content (AvgIpc) is 2.91. The van der Waals surface area contributed by atoms with Crippen LogP contribution in [0.25, 0.3) is 0 Å². The second-order valence-electron chi connectivity index (χ2n) is 3.82. The number of aliphatic hydroxyl groups is 1. The van der Waals surface area contributed by atoms with Crippen molar-refractivity contribution in [3.05, 3.63) is 52.4 Å². The summed E-state index contributed by atoms with van der Waals surface area (Å²) in [6, 6.07) is 9.95. The van der Waals surface area contributed by atoms with Gasteiger partial charge in [0.15, 0.2) is 0 Å². The molecule has 0 aliphatic heterocycles. The van der Waals surface area contributed by atoms with Gasteiger partial charge in [0.05, 0.1) is 6.10 Å². The van der Waals surface area contributed by atoms with Gasteiger partial charge >= 0.3 is 0 Å². The molecule has 0 aliphatic carbocycles. The number of benzene rings is 1. The summed E-state index contributed by atoms with van der Waals surface area (Å²) in [5.74, 6) is 0. The lowest BCUT2D eigenvalue weighted by Crippen LogP contribution is -2.28. The molecule has 0 spiro atoms. The Morgan fingerprint density at radius 1 is 1.26 bits per heavy atom. The number of thiophene rings is 1. The molecule has 0 saturated heterocycles. The number of rotatable bonds is 5. The second kappa shape index (κ2) is 6.02. The molecular formula is C12H12ClNO3S2. The van der Waals surface area contributed by atoms with Crippen LogP contribution in [0.5, 0.6) is 0 Å². The molecule has 0 amide bonds. The van der Waals surface area contributed by atoms with Crippen LogP contribution in [0, 0.1) is 0 Å². The molecular weight excluding hydrogens is 306 g/mol. The van der Waals surface area contributed by atoms with E-state index in [0.29, 0.717) is 10.6 Å². The molecule has 19 heavy (non-hydrogen) atoms. The molecule has 0 bridgehead atoms. The highest BCUT2D eigenvalue weighted by atomic mass is 35.5. The van der Waals surface area contributed by atoms with Crippen molar-refractivity contribution >= 4 is 33.0 Å². The maximum absolute atomic E-state index is 11.9. The quantitative estimate of drug-likeness (QED) is 0.890. The number of halogens is 1. The van der Waals surface area contributed by atoms with Crippen LogP contribution >= 0.6 is 22.9 Å². The van der Waals surface area contributed by atoms with Crippen LogP contribution in [0.3, 0.4) is 0 Å². The van der Waals surface area contributed by atoms with Crippen molar-refractivity contribution in [3.8, 4) is 0 Å². The summed E-state index contributed by atoms with van der Waals surface area (Å²) in [6.45, 7) is -0.121. The van der Waals surface area contributed by atoms with Crippen molar-refractivity contribution in [1.29, 1.82) is 0 Å². The van der Waals surface area contributed by atoms with Crippen molar-refractivity contribution in [2.24, 2.45) is 0 Å². The van der Waals surface area contributed by atoms with Crippen molar-refractivity contribution in [3.63, 3.8) is 0 Å². The summed E-state index contributed by atoms with van der Waals surface area (Å²) >= 11 is 7.06. The summed E-state index contributed by atoms with van der Waals surface area (Å²) < 4.78 is 26.3. The van der Waals surface area contributed by atoms with Crippen LogP contribution in [0.4, 0.5) is 0 Å². The predicted octanol–water partition coefficient (Wildman–Crippen LogP) is 2.41. The Labute approximate surface area is 120 Å². The Morgan fingerprint density at radius 2 is 2.00 bits per heavy atom. The third-order valence-corrected chi connectivity index (χ3v) is 5.66. The fourth-order valence-corrected chi connectivity index (χ4v) is 3.87. The van der Waals surface area contributed by atoms with E-state index < -0.39 is 16.1 Å². The first kappa shape index (κ1) is 14.5. The van der Waals surface area contributed by atoms with Gasteiger partial charge in [-0.15, -0.1) is 11.3 Å². The predicted molar refractivity (Wildman–Crippen MR) is 75.9 cm³/mol. The molecule has 1 aromatic carbocycles. The molecule has 102 valence electrons. The normalized spacial score (nSPS) is 13.4. The highest BCUT2D eigenvalue weighted by Crippen LogP contribution is 2.22. The number of hydrogen-bond donors (Lipinski definition) is 2. The third-order valence-electron chi connectivity index (χ3n) is 2.49. The van der Waals surface area contributed by atoms with Crippen molar-refractivity contribution in [1.82, 2.24) is 4.72 Å². The molecule has 2 N–H and O–H groups in total. The van der Waals surface area contributed by atoms with Crippen LogP contribution in [0.15, 0.2) is 46.0 Å². The van der Waals surface area contributed by atoms with Gasteiger partial charge in [-0.25, -0.2) is 13.1 Å². The topological polar surface area (TPSA) is 66.4 Å². The fourth-order valence-electron chi connectivity index (χ4n) is 1.53. The molecule has 1 heterocycles. The van der Waals surface area contributed by atoms with Gasteiger partial charge in [-0.3, -0.25) is 0 Å². The van der Waals surface area contributed by atoms with E-state index in [4.69, 9.17) is 11.6 Å². The minimum Gasteiger partial charge on any atom is -0.387 e. The molecule has 0 saturated carbocycles. The number of sulfonamides is 1. The Hall–Kier alpha value is -0.920. The van der Waals surface area contributed by atoms with E-state index in [-0.39, 0.29) is 10.8 Å². The van der Waals surface area contributed by atoms with Gasteiger partial charge in [-0.05, 0) is 17.5 Å². The summed E-state index contributed by atoms with van der Waals surface area (Å²) in [6.07, 6.45) is -0.983. The zero-order valence-electron chi connectivity index (χ0n) is 9.78. The Morgan fingerprint density at radius 3 is 2.63 bits per heavy atom. The Kier molecular flexibility index (Phi) is 4.59. The van der Waals surface area contributed by atoms with Gasteiger partial charge in [-0.2, -0.15) is 0 Å². The highest BCUT2D eigenvalue weighted by molar-refractivity contribution is 7.91. The van der Waals surface area contributed by atoms with Crippen LogP contribution < -0.4 is 4.72 Å². The third kappa shape index (κ3) is 3.55. The molecule has 2 rings (SSSR count). The van der Waals surface area contributed by atoms with E-state index in [1.54, 1.807) is 35.7 Å². The van der Waals surface area contributed by atoms with Crippen LogP contribution in [-0.2, 0) is 10.0 Å². The molecule has 1 atom stereocenters. The van der Waals surface area contributed by atoms with Crippen LogP contribution in [0.1, 0.15) is 11.7 Å². The smallest absolute Gasteiger partial charge is 0.250 e. The minimum atomic E-state index is -3.57. The molecule has 0 radical (unpaired) electrons.